The Morgan fingerprint density at radius 1 is 0.966 bits per heavy atom. The lowest BCUT2D eigenvalue weighted by Gasteiger charge is -2.29. The zero-order chi connectivity index (χ0) is 20.4. The van der Waals surface area contributed by atoms with Crippen LogP contribution in [0, 0.1) is 6.92 Å². The third-order valence-electron chi connectivity index (χ3n) is 5.94. The molecule has 1 heterocycles. The molecule has 0 radical (unpaired) electrons. The lowest BCUT2D eigenvalue weighted by molar-refractivity contribution is -0.126. The zero-order valence-corrected chi connectivity index (χ0v) is 16.7. The first-order valence-electron chi connectivity index (χ1n) is 10.4. The topological polar surface area (TPSA) is 66.5 Å². The fourth-order valence-electron chi connectivity index (χ4n) is 4.28. The summed E-state index contributed by atoms with van der Waals surface area (Å²) in [5, 5.41) is 3.11. The molecule has 0 bridgehead atoms. The predicted molar refractivity (Wildman–Crippen MR) is 111 cm³/mol. The van der Waals surface area contributed by atoms with Gasteiger partial charge in [-0.25, -0.2) is 0 Å². The third kappa shape index (κ3) is 3.95. The van der Waals surface area contributed by atoms with Crippen molar-refractivity contribution in [3.8, 4) is 0 Å². The minimum absolute atomic E-state index is 0.118. The molecule has 2 aromatic carbocycles. The molecule has 2 aromatic rings. The average Bonchev–Trinajstić information content (AvgIpc) is 2.99. The second kappa shape index (κ2) is 8.19. The van der Waals surface area contributed by atoms with E-state index in [1.807, 2.05) is 31.2 Å². The summed E-state index contributed by atoms with van der Waals surface area (Å²) >= 11 is 0. The van der Waals surface area contributed by atoms with Gasteiger partial charge in [0.2, 0.25) is 5.91 Å². The van der Waals surface area contributed by atoms with E-state index in [9.17, 15) is 14.4 Å². The van der Waals surface area contributed by atoms with Crippen LogP contribution in [0.2, 0.25) is 0 Å². The quantitative estimate of drug-likeness (QED) is 0.793. The first-order valence-corrected chi connectivity index (χ1v) is 10.4. The highest BCUT2D eigenvalue weighted by molar-refractivity contribution is 6.22. The molecule has 150 valence electrons. The summed E-state index contributed by atoms with van der Waals surface area (Å²) in [7, 11) is 0. The van der Waals surface area contributed by atoms with Gasteiger partial charge in [-0.3, -0.25) is 19.3 Å². The largest absolute Gasteiger partial charge is 0.352 e. The highest BCUT2D eigenvalue weighted by Crippen LogP contribution is 2.27. The van der Waals surface area contributed by atoms with Gasteiger partial charge in [0.15, 0.2) is 0 Å². The molecule has 0 saturated heterocycles. The van der Waals surface area contributed by atoms with Crippen LogP contribution in [0.4, 0.5) is 0 Å². The molecule has 1 aliphatic carbocycles. The van der Waals surface area contributed by atoms with Crippen molar-refractivity contribution in [1.82, 2.24) is 10.2 Å². The number of benzene rings is 2. The fraction of sp³-hybridized carbons (Fsp3) is 0.375. The van der Waals surface area contributed by atoms with Gasteiger partial charge in [0.25, 0.3) is 11.8 Å². The van der Waals surface area contributed by atoms with Crippen LogP contribution in [0.15, 0.2) is 48.5 Å². The van der Waals surface area contributed by atoms with Crippen LogP contribution in [0.5, 0.6) is 0 Å². The van der Waals surface area contributed by atoms with E-state index in [0.717, 1.165) is 41.7 Å². The Bertz CT molecular complexity index is 894. The van der Waals surface area contributed by atoms with Crippen molar-refractivity contribution in [2.75, 3.05) is 0 Å². The monoisotopic (exact) mass is 390 g/mol. The summed E-state index contributed by atoms with van der Waals surface area (Å²) < 4.78 is 0. The van der Waals surface area contributed by atoms with Gasteiger partial charge < -0.3 is 5.32 Å². The van der Waals surface area contributed by atoms with Gasteiger partial charge in [0.1, 0.15) is 6.04 Å². The minimum atomic E-state index is -0.855. The fourth-order valence-corrected chi connectivity index (χ4v) is 4.28. The zero-order valence-electron chi connectivity index (χ0n) is 16.7. The Balaban J connectivity index is 1.62. The van der Waals surface area contributed by atoms with Gasteiger partial charge in [0, 0.05) is 12.5 Å². The Kier molecular flexibility index (Phi) is 5.47. The number of carbonyl (C=O) groups is 3. The molecular formula is C24H26N2O3. The molecule has 0 spiro atoms. The maximum Gasteiger partial charge on any atom is 0.262 e. The number of rotatable bonds is 5. The van der Waals surface area contributed by atoms with E-state index < -0.39 is 6.04 Å². The molecule has 1 N–H and O–H groups in total. The van der Waals surface area contributed by atoms with Crippen LogP contribution in [0.25, 0.3) is 0 Å². The second-order valence-corrected chi connectivity index (χ2v) is 8.07. The first kappa shape index (κ1) is 19.4. The number of hydrogen-bond donors (Lipinski definition) is 1. The van der Waals surface area contributed by atoms with Crippen LogP contribution in [0.3, 0.4) is 0 Å². The van der Waals surface area contributed by atoms with Gasteiger partial charge in [-0.15, -0.1) is 0 Å². The summed E-state index contributed by atoms with van der Waals surface area (Å²) in [5.74, 6) is -1.02. The molecule has 1 unspecified atom stereocenters. The Labute approximate surface area is 171 Å². The van der Waals surface area contributed by atoms with Crippen LogP contribution in [-0.2, 0) is 11.2 Å². The highest BCUT2D eigenvalue weighted by Gasteiger charge is 2.43. The molecule has 1 saturated carbocycles. The number of imide groups is 1. The molecule has 3 amide bonds. The van der Waals surface area contributed by atoms with E-state index in [4.69, 9.17) is 0 Å². The smallest absolute Gasteiger partial charge is 0.262 e. The highest BCUT2D eigenvalue weighted by atomic mass is 16.2. The molecule has 1 atom stereocenters. The number of hydrogen-bond acceptors (Lipinski definition) is 3. The predicted octanol–water partition coefficient (Wildman–Crippen LogP) is 3.65. The summed E-state index contributed by atoms with van der Waals surface area (Å²) in [6, 6.07) is 13.9. The first-order chi connectivity index (χ1) is 14.0. The second-order valence-electron chi connectivity index (χ2n) is 8.07. The van der Waals surface area contributed by atoms with Crippen molar-refractivity contribution in [3.63, 3.8) is 0 Å². The summed E-state index contributed by atoms with van der Waals surface area (Å²) in [6.45, 7) is 2.00. The van der Waals surface area contributed by atoms with Crippen molar-refractivity contribution in [1.29, 1.82) is 0 Å². The molecular weight excluding hydrogens is 364 g/mol. The number of amides is 3. The van der Waals surface area contributed by atoms with E-state index in [1.54, 1.807) is 24.3 Å². The minimum Gasteiger partial charge on any atom is -0.352 e. The molecule has 5 nitrogen and oxygen atoms in total. The standard InChI is InChI=1S/C24H26N2O3/c1-16-11-13-17(14-12-16)15-21(22(27)25-18-7-3-2-4-8-18)26-23(28)19-9-5-6-10-20(19)24(26)29/h5-6,9-14,18,21H,2-4,7-8,15H2,1H3,(H,25,27). The summed E-state index contributed by atoms with van der Waals surface area (Å²) in [6.07, 6.45) is 5.60. The third-order valence-corrected chi connectivity index (χ3v) is 5.94. The maximum atomic E-state index is 13.3. The van der Waals surface area contributed by atoms with E-state index >= 15 is 0 Å². The SMILES string of the molecule is Cc1ccc(CC(C(=O)NC2CCCCC2)N2C(=O)c3ccccc3C2=O)cc1. The number of fused-ring (bicyclic) bond motifs is 1. The van der Waals surface area contributed by atoms with Gasteiger partial charge >= 0.3 is 0 Å². The van der Waals surface area contributed by atoms with Gasteiger partial charge in [-0.05, 0) is 37.5 Å². The van der Waals surface area contributed by atoms with E-state index in [1.165, 1.54) is 6.42 Å². The van der Waals surface area contributed by atoms with Crippen LogP contribution in [-0.4, -0.2) is 34.7 Å². The van der Waals surface area contributed by atoms with E-state index in [2.05, 4.69) is 5.32 Å². The lowest BCUT2D eigenvalue weighted by Crippen LogP contribution is -2.53. The lowest BCUT2D eigenvalue weighted by atomic mass is 9.94. The number of nitrogens with zero attached hydrogens (tertiary/aromatic N) is 1. The van der Waals surface area contributed by atoms with Crippen molar-refractivity contribution in [2.24, 2.45) is 0 Å². The van der Waals surface area contributed by atoms with Gasteiger partial charge in [-0.1, -0.05) is 61.2 Å². The van der Waals surface area contributed by atoms with Crippen molar-refractivity contribution in [2.45, 2.75) is 57.5 Å². The van der Waals surface area contributed by atoms with Gasteiger partial charge in [0.05, 0.1) is 11.1 Å². The molecule has 4 rings (SSSR count). The normalized spacial score (nSPS) is 17.9. The Morgan fingerprint density at radius 2 is 1.55 bits per heavy atom. The maximum absolute atomic E-state index is 13.3. The molecule has 29 heavy (non-hydrogen) atoms. The number of carbonyl (C=O) groups excluding carboxylic acids is 3. The summed E-state index contributed by atoms with van der Waals surface area (Å²) in [5.41, 5.74) is 2.79. The number of nitrogens with one attached hydrogen (secondary N) is 1. The van der Waals surface area contributed by atoms with E-state index in [0.29, 0.717) is 17.5 Å². The summed E-state index contributed by atoms with van der Waals surface area (Å²) in [4.78, 5) is 40.4. The number of aryl methyl sites for hydroxylation is 1. The molecule has 5 heteroatoms. The Hall–Kier alpha value is -2.95. The van der Waals surface area contributed by atoms with Crippen molar-refractivity contribution in [3.05, 3.63) is 70.8 Å². The Morgan fingerprint density at radius 3 is 2.14 bits per heavy atom. The van der Waals surface area contributed by atoms with Crippen molar-refractivity contribution < 1.29 is 14.4 Å². The average molecular weight is 390 g/mol. The van der Waals surface area contributed by atoms with E-state index in [-0.39, 0.29) is 23.8 Å². The van der Waals surface area contributed by atoms with Crippen molar-refractivity contribution >= 4 is 17.7 Å². The van der Waals surface area contributed by atoms with Crippen LogP contribution in [0.1, 0.15) is 63.9 Å². The molecule has 1 aliphatic heterocycles. The van der Waals surface area contributed by atoms with Gasteiger partial charge in [-0.2, -0.15) is 0 Å². The van der Waals surface area contributed by atoms with Crippen LogP contribution >= 0.6 is 0 Å². The molecule has 2 aliphatic rings. The van der Waals surface area contributed by atoms with Crippen LogP contribution < -0.4 is 5.32 Å². The molecule has 0 aromatic heterocycles. The molecule has 1 fully saturated rings.